The number of hydrazine groups is 1. The maximum absolute atomic E-state index is 12.2. The molecule has 0 unspecified atom stereocenters. The molecule has 1 aromatic rings. The van der Waals surface area contributed by atoms with E-state index in [9.17, 15) is 19.2 Å². The first kappa shape index (κ1) is 18.4. The van der Waals surface area contributed by atoms with Crippen LogP contribution in [-0.4, -0.2) is 40.7 Å². The van der Waals surface area contributed by atoms with Crippen LogP contribution in [0.1, 0.15) is 44.0 Å². The van der Waals surface area contributed by atoms with Crippen LogP contribution in [0.15, 0.2) is 24.3 Å². The molecule has 1 aliphatic rings. The number of carbonyl (C=O) groups excluding carboxylic acids is 4. The van der Waals surface area contributed by atoms with E-state index in [4.69, 9.17) is 4.74 Å². The van der Waals surface area contributed by atoms with E-state index in [0.29, 0.717) is 11.3 Å². The molecule has 0 aliphatic carbocycles. The summed E-state index contributed by atoms with van der Waals surface area (Å²) >= 11 is 0. The molecule has 134 valence electrons. The smallest absolute Gasteiger partial charge is 0.426 e. The van der Waals surface area contributed by atoms with Gasteiger partial charge in [0.25, 0.3) is 0 Å². The number of nitrogens with one attached hydrogen (secondary N) is 2. The molecule has 3 amide bonds. The number of benzene rings is 1. The highest BCUT2D eigenvalue weighted by atomic mass is 16.6. The fourth-order valence-electron chi connectivity index (χ4n) is 2.20. The third kappa shape index (κ3) is 5.30. The van der Waals surface area contributed by atoms with Gasteiger partial charge in [-0.25, -0.2) is 10.2 Å². The molecule has 0 spiro atoms. The SMILES string of the molecule is CC(C)(C)OC(=O)NNc1ccc(C(=O)CN2C(=O)CCC2=O)cc1. The number of hydrogen-bond acceptors (Lipinski definition) is 6. The number of rotatable bonds is 5. The number of ether oxygens (including phenoxy) is 1. The minimum Gasteiger partial charge on any atom is -0.443 e. The van der Waals surface area contributed by atoms with E-state index in [1.165, 1.54) is 0 Å². The zero-order valence-electron chi connectivity index (χ0n) is 14.4. The monoisotopic (exact) mass is 347 g/mol. The van der Waals surface area contributed by atoms with E-state index in [2.05, 4.69) is 10.9 Å². The summed E-state index contributed by atoms with van der Waals surface area (Å²) in [6, 6.07) is 6.29. The molecule has 0 aromatic heterocycles. The molecule has 1 aromatic carbocycles. The summed E-state index contributed by atoms with van der Waals surface area (Å²) in [5.41, 5.74) is 5.36. The van der Waals surface area contributed by atoms with E-state index in [1.54, 1.807) is 45.0 Å². The quantitative estimate of drug-likeness (QED) is 0.479. The third-order valence-electron chi connectivity index (χ3n) is 3.37. The second-order valence-corrected chi connectivity index (χ2v) is 6.63. The maximum Gasteiger partial charge on any atom is 0.426 e. The fraction of sp³-hybridized carbons (Fsp3) is 0.412. The van der Waals surface area contributed by atoms with Crippen molar-refractivity contribution in [3.63, 3.8) is 0 Å². The lowest BCUT2D eigenvalue weighted by Gasteiger charge is -2.20. The van der Waals surface area contributed by atoms with Crippen LogP contribution < -0.4 is 10.9 Å². The van der Waals surface area contributed by atoms with Crippen LogP contribution in [0.4, 0.5) is 10.5 Å². The van der Waals surface area contributed by atoms with Crippen LogP contribution in [-0.2, 0) is 14.3 Å². The number of hydrogen-bond donors (Lipinski definition) is 2. The molecular weight excluding hydrogens is 326 g/mol. The summed E-state index contributed by atoms with van der Waals surface area (Å²) in [6.45, 7) is 5.01. The minimum atomic E-state index is -0.626. The Kier molecular flexibility index (Phi) is 5.41. The average Bonchev–Trinajstić information content (AvgIpc) is 2.83. The number of Topliss-reactive ketones (excluding diaryl/α,β-unsaturated/α-hetero) is 1. The highest BCUT2D eigenvalue weighted by Crippen LogP contribution is 2.14. The molecule has 25 heavy (non-hydrogen) atoms. The van der Waals surface area contributed by atoms with E-state index < -0.39 is 11.7 Å². The summed E-state index contributed by atoms with van der Waals surface area (Å²) in [7, 11) is 0. The highest BCUT2D eigenvalue weighted by Gasteiger charge is 2.30. The number of carbonyl (C=O) groups is 4. The molecule has 1 heterocycles. The van der Waals surface area contributed by atoms with Gasteiger partial charge in [0.1, 0.15) is 5.60 Å². The van der Waals surface area contributed by atoms with Crippen molar-refractivity contribution in [2.45, 2.75) is 39.2 Å². The van der Waals surface area contributed by atoms with Gasteiger partial charge >= 0.3 is 6.09 Å². The van der Waals surface area contributed by atoms with Crippen molar-refractivity contribution < 1.29 is 23.9 Å². The lowest BCUT2D eigenvalue weighted by atomic mass is 10.1. The topological polar surface area (TPSA) is 105 Å². The van der Waals surface area contributed by atoms with Crippen LogP contribution >= 0.6 is 0 Å². The van der Waals surface area contributed by atoms with Gasteiger partial charge in [-0.1, -0.05) is 0 Å². The number of amides is 3. The fourth-order valence-corrected chi connectivity index (χ4v) is 2.20. The van der Waals surface area contributed by atoms with Gasteiger partial charge in [-0.3, -0.25) is 24.7 Å². The Morgan fingerprint density at radius 1 is 1.08 bits per heavy atom. The Labute approximate surface area is 145 Å². The number of imide groups is 1. The van der Waals surface area contributed by atoms with Gasteiger partial charge in [0.05, 0.1) is 12.2 Å². The first-order valence-electron chi connectivity index (χ1n) is 7.87. The molecule has 0 atom stereocenters. The van der Waals surface area contributed by atoms with Crippen LogP contribution in [0, 0.1) is 0 Å². The van der Waals surface area contributed by atoms with Crippen LogP contribution in [0.25, 0.3) is 0 Å². The van der Waals surface area contributed by atoms with Crippen LogP contribution in [0.3, 0.4) is 0 Å². The van der Waals surface area contributed by atoms with Crippen molar-refractivity contribution in [3.05, 3.63) is 29.8 Å². The van der Waals surface area contributed by atoms with Crippen molar-refractivity contribution in [1.29, 1.82) is 0 Å². The lowest BCUT2D eigenvalue weighted by Crippen LogP contribution is -2.35. The second kappa shape index (κ2) is 7.33. The van der Waals surface area contributed by atoms with E-state index >= 15 is 0 Å². The van der Waals surface area contributed by atoms with Gasteiger partial charge in [-0.15, -0.1) is 0 Å². The number of likely N-dealkylation sites (tertiary alicyclic amines) is 1. The van der Waals surface area contributed by atoms with Crippen molar-refractivity contribution in [1.82, 2.24) is 10.3 Å². The molecule has 0 radical (unpaired) electrons. The van der Waals surface area contributed by atoms with Gasteiger partial charge in [-0.2, -0.15) is 0 Å². The van der Waals surface area contributed by atoms with Gasteiger partial charge in [-0.05, 0) is 45.0 Å². The van der Waals surface area contributed by atoms with Crippen LogP contribution in [0.2, 0.25) is 0 Å². The molecular formula is C17H21N3O5. The van der Waals surface area contributed by atoms with Crippen molar-refractivity contribution >= 4 is 29.4 Å². The zero-order valence-corrected chi connectivity index (χ0v) is 14.4. The summed E-state index contributed by atoms with van der Waals surface area (Å²) in [5, 5.41) is 0. The zero-order chi connectivity index (χ0) is 18.6. The number of ketones is 1. The van der Waals surface area contributed by atoms with E-state index in [1.807, 2.05) is 0 Å². The Hall–Kier alpha value is -2.90. The first-order chi connectivity index (χ1) is 11.7. The summed E-state index contributed by atoms with van der Waals surface area (Å²) in [5.74, 6) is -0.966. The van der Waals surface area contributed by atoms with E-state index in [0.717, 1.165) is 4.90 Å². The largest absolute Gasteiger partial charge is 0.443 e. The molecule has 0 saturated carbocycles. The third-order valence-corrected chi connectivity index (χ3v) is 3.37. The molecule has 8 nitrogen and oxygen atoms in total. The molecule has 2 N–H and O–H groups in total. The van der Waals surface area contributed by atoms with Gasteiger partial charge < -0.3 is 4.74 Å². The number of nitrogens with zero attached hydrogens (tertiary/aromatic N) is 1. The minimum absolute atomic E-state index is 0.158. The Morgan fingerprint density at radius 3 is 2.16 bits per heavy atom. The Balaban J connectivity index is 1.89. The normalized spacial score (nSPS) is 14.4. The van der Waals surface area contributed by atoms with Gasteiger partial charge in [0.15, 0.2) is 5.78 Å². The maximum atomic E-state index is 12.2. The Bertz CT molecular complexity index is 675. The van der Waals surface area contributed by atoms with Crippen LogP contribution in [0.5, 0.6) is 0 Å². The average molecular weight is 347 g/mol. The Morgan fingerprint density at radius 2 is 1.64 bits per heavy atom. The first-order valence-corrected chi connectivity index (χ1v) is 7.87. The summed E-state index contributed by atoms with van der Waals surface area (Å²) in [6.07, 6.45) is -0.310. The van der Waals surface area contributed by atoms with Gasteiger partial charge in [0, 0.05) is 18.4 Å². The van der Waals surface area contributed by atoms with Crippen molar-refractivity contribution in [3.8, 4) is 0 Å². The summed E-state index contributed by atoms with van der Waals surface area (Å²) in [4.78, 5) is 47.8. The molecule has 1 aliphatic heterocycles. The molecule has 8 heteroatoms. The molecule has 2 rings (SSSR count). The predicted molar refractivity (Wildman–Crippen MR) is 89.7 cm³/mol. The molecule has 1 fully saturated rings. The lowest BCUT2D eigenvalue weighted by molar-refractivity contribution is -0.137. The molecule has 0 bridgehead atoms. The van der Waals surface area contributed by atoms with Crippen molar-refractivity contribution in [2.75, 3.05) is 12.0 Å². The predicted octanol–water partition coefficient (Wildman–Crippen LogP) is 1.87. The van der Waals surface area contributed by atoms with Crippen molar-refractivity contribution in [2.24, 2.45) is 0 Å². The van der Waals surface area contributed by atoms with E-state index in [-0.39, 0.29) is 37.0 Å². The highest BCUT2D eigenvalue weighted by molar-refractivity contribution is 6.07. The van der Waals surface area contributed by atoms with Gasteiger partial charge in [0.2, 0.25) is 11.8 Å². The summed E-state index contributed by atoms with van der Waals surface area (Å²) < 4.78 is 5.08. The second-order valence-electron chi connectivity index (χ2n) is 6.63. The number of anilines is 1. The standard InChI is InChI=1S/C17H21N3O5/c1-17(2,3)25-16(24)19-18-12-6-4-11(5-7-12)13(21)10-20-14(22)8-9-15(20)23/h4-7,18H,8-10H2,1-3H3,(H,19,24). The molecule has 1 saturated heterocycles.